The summed E-state index contributed by atoms with van der Waals surface area (Å²) in [5.41, 5.74) is 0.258. The zero-order valence-corrected chi connectivity index (χ0v) is 17.0. The van der Waals surface area contributed by atoms with Gasteiger partial charge in [0, 0.05) is 24.3 Å². The Morgan fingerprint density at radius 1 is 1.23 bits per heavy atom. The summed E-state index contributed by atoms with van der Waals surface area (Å²) in [6.07, 6.45) is -0.670. The number of piperidine rings is 1. The quantitative estimate of drug-likeness (QED) is 0.571. The Balaban J connectivity index is 1.70. The lowest BCUT2D eigenvalue weighted by molar-refractivity contribution is -0.137. The Bertz CT molecular complexity index is 1050. The summed E-state index contributed by atoms with van der Waals surface area (Å²) >= 11 is 0. The number of benzene rings is 1. The van der Waals surface area contributed by atoms with Crippen molar-refractivity contribution in [2.24, 2.45) is 0 Å². The van der Waals surface area contributed by atoms with Gasteiger partial charge >= 0.3 is 6.18 Å². The standard InChI is InChI=1S/C21H23F4N5O/c1-2-29-9-3-5-15(12-29)26-20-28-27-19(17-6-4-10-30(17)20)16-8-7-14(21(23,24)25)11-18(16)31-13-22/h4,6-8,10-11,15H,2-3,5,9,12-13H2,1H3,(H,26,28)/t15-/m1/s1. The van der Waals surface area contributed by atoms with Crippen LogP contribution in [-0.2, 0) is 6.18 Å². The van der Waals surface area contributed by atoms with Gasteiger partial charge in [0.2, 0.25) is 12.8 Å². The van der Waals surface area contributed by atoms with Crippen LogP contribution < -0.4 is 10.1 Å². The van der Waals surface area contributed by atoms with Crippen molar-refractivity contribution in [3.8, 4) is 17.0 Å². The van der Waals surface area contributed by atoms with Crippen molar-refractivity contribution < 1.29 is 22.3 Å². The zero-order chi connectivity index (χ0) is 22.0. The molecule has 0 spiro atoms. The molecule has 3 aromatic rings. The number of fused-ring (bicyclic) bond motifs is 1. The molecule has 0 unspecified atom stereocenters. The fourth-order valence-electron chi connectivity index (χ4n) is 3.96. The van der Waals surface area contributed by atoms with Crippen LogP contribution in [0.5, 0.6) is 5.75 Å². The highest BCUT2D eigenvalue weighted by Crippen LogP contribution is 2.38. The van der Waals surface area contributed by atoms with E-state index in [0.29, 0.717) is 17.2 Å². The van der Waals surface area contributed by atoms with Crippen LogP contribution in [0.2, 0.25) is 0 Å². The molecule has 1 fully saturated rings. The van der Waals surface area contributed by atoms with Crippen LogP contribution >= 0.6 is 0 Å². The second-order valence-corrected chi connectivity index (χ2v) is 7.47. The predicted molar refractivity (Wildman–Crippen MR) is 109 cm³/mol. The highest BCUT2D eigenvalue weighted by molar-refractivity contribution is 5.81. The van der Waals surface area contributed by atoms with Gasteiger partial charge in [-0.2, -0.15) is 13.2 Å². The number of hydrogen-bond donors (Lipinski definition) is 1. The van der Waals surface area contributed by atoms with Crippen LogP contribution in [0.4, 0.5) is 23.5 Å². The monoisotopic (exact) mass is 437 g/mol. The lowest BCUT2D eigenvalue weighted by Crippen LogP contribution is -2.42. The Hall–Kier alpha value is -2.88. The summed E-state index contributed by atoms with van der Waals surface area (Å²) in [5, 5.41) is 12.0. The second-order valence-electron chi connectivity index (χ2n) is 7.47. The molecule has 1 saturated heterocycles. The van der Waals surface area contributed by atoms with E-state index in [9.17, 15) is 17.6 Å². The van der Waals surface area contributed by atoms with Gasteiger partial charge in [0.1, 0.15) is 11.4 Å². The number of likely N-dealkylation sites (tertiary alicyclic amines) is 1. The van der Waals surface area contributed by atoms with E-state index in [4.69, 9.17) is 4.74 Å². The van der Waals surface area contributed by atoms with E-state index in [0.717, 1.165) is 44.6 Å². The van der Waals surface area contributed by atoms with E-state index in [1.54, 1.807) is 22.7 Å². The minimum Gasteiger partial charge on any atom is -0.462 e. The van der Waals surface area contributed by atoms with E-state index in [-0.39, 0.29) is 17.4 Å². The van der Waals surface area contributed by atoms with Gasteiger partial charge in [0.25, 0.3) is 0 Å². The first-order valence-corrected chi connectivity index (χ1v) is 10.1. The number of hydrogen-bond acceptors (Lipinski definition) is 5. The molecule has 3 heterocycles. The van der Waals surface area contributed by atoms with Gasteiger partial charge in [-0.05, 0) is 56.3 Å². The number of ether oxygens (including phenoxy) is 1. The summed E-state index contributed by atoms with van der Waals surface area (Å²) in [7, 11) is 0. The normalized spacial score (nSPS) is 17.8. The predicted octanol–water partition coefficient (Wildman–Crippen LogP) is 4.62. The van der Waals surface area contributed by atoms with Gasteiger partial charge in [-0.3, -0.25) is 4.40 Å². The smallest absolute Gasteiger partial charge is 0.416 e. The van der Waals surface area contributed by atoms with Crippen molar-refractivity contribution in [3.05, 3.63) is 42.1 Å². The summed E-state index contributed by atoms with van der Waals surface area (Å²) in [6, 6.07) is 6.74. The molecule has 166 valence electrons. The van der Waals surface area contributed by atoms with E-state index in [2.05, 4.69) is 27.3 Å². The molecule has 31 heavy (non-hydrogen) atoms. The molecule has 1 atom stereocenters. The fraction of sp³-hybridized carbons (Fsp3) is 0.429. The summed E-state index contributed by atoms with van der Waals surface area (Å²) in [6.45, 7) is 3.82. The third-order valence-electron chi connectivity index (χ3n) is 5.52. The van der Waals surface area contributed by atoms with E-state index >= 15 is 0 Å². The number of likely N-dealkylation sites (N-methyl/N-ethyl adjacent to an activating group) is 1. The molecule has 1 aliphatic rings. The second kappa shape index (κ2) is 8.70. The topological polar surface area (TPSA) is 54.7 Å². The van der Waals surface area contributed by atoms with Crippen molar-refractivity contribution in [1.29, 1.82) is 0 Å². The third kappa shape index (κ3) is 4.43. The molecule has 1 aromatic carbocycles. The fourth-order valence-corrected chi connectivity index (χ4v) is 3.96. The van der Waals surface area contributed by atoms with Gasteiger partial charge in [-0.15, -0.1) is 10.2 Å². The minimum atomic E-state index is -4.57. The first-order chi connectivity index (χ1) is 14.9. The van der Waals surface area contributed by atoms with Crippen molar-refractivity contribution in [2.75, 3.05) is 31.8 Å². The largest absolute Gasteiger partial charge is 0.462 e. The van der Waals surface area contributed by atoms with Crippen LogP contribution in [0.1, 0.15) is 25.3 Å². The lowest BCUT2D eigenvalue weighted by Gasteiger charge is -2.32. The van der Waals surface area contributed by atoms with Crippen molar-refractivity contribution in [1.82, 2.24) is 19.5 Å². The average molecular weight is 437 g/mol. The molecule has 6 nitrogen and oxygen atoms in total. The number of alkyl halides is 4. The molecular weight excluding hydrogens is 414 g/mol. The Labute approximate surface area is 176 Å². The Morgan fingerprint density at radius 2 is 2.06 bits per heavy atom. The van der Waals surface area contributed by atoms with Crippen molar-refractivity contribution in [3.63, 3.8) is 0 Å². The number of nitrogens with zero attached hydrogens (tertiary/aromatic N) is 4. The van der Waals surface area contributed by atoms with Gasteiger partial charge in [-0.25, -0.2) is 4.39 Å². The number of nitrogens with one attached hydrogen (secondary N) is 1. The number of halogens is 4. The molecule has 0 bridgehead atoms. The maximum atomic E-state index is 13.1. The summed E-state index contributed by atoms with van der Waals surface area (Å²) < 4.78 is 58.8. The average Bonchev–Trinajstić information content (AvgIpc) is 3.24. The van der Waals surface area contributed by atoms with Crippen LogP contribution in [0, 0.1) is 0 Å². The summed E-state index contributed by atoms with van der Waals surface area (Å²) in [4.78, 5) is 2.36. The van der Waals surface area contributed by atoms with Gasteiger partial charge in [0.15, 0.2) is 0 Å². The van der Waals surface area contributed by atoms with Gasteiger partial charge in [0.05, 0.1) is 11.1 Å². The van der Waals surface area contributed by atoms with Crippen LogP contribution in [0.15, 0.2) is 36.5 Å². The Morgan fingerprint density at radius 3 is 2.81 bits per heavy atom. The molecule has 0 aliphatic carbocycles. The minimum absolute atomic E-state index is 0.218. The van der Waals surface area contributed by atoms with E-state index in [1.165, 1.54) is 6.07 Å². The van der Waals surface area contributed by atoms with Gasteiger partial charge < -0.3 is 15.0 Å². The van der Waals surface area contributed by atoms with Crippen LogP contribution in [-0.4, -0.2) is 52.0 Å². The Kier molecular flexibility index (Phi) is 5.99. The van der Waals surface area contributed by atoms with Crippen molar-refractivity contribution in [2.45, 2.75) is 32.0 Å². The number of rotatable bonds is 6. The van der Waals surface area contributed by atoms with Crippen LogP contribution in [0.3, 0.4) is 0 Å². The maximum absolute atomic E-state index is 13.1. The molecule has 0 amide bonds. The molecule has 0 radical (unpaired) electrons. The van der Waals surface area contributed by atoms with E-state index in [1.807, 2.05) is 0 Å². The first-order valence-electron chi connectivity index (χ1n) is 10.1. The third-order valence-corrected chi connectivity index (χ3v) is 5.52. The molecule has 1 N–H and O–H groups in total. The zero-order valence-electron chi connectivity index (χ0n) is 17.0. The van der Waals surface area contributed by atoms with E-state index < -0.39 is 18.6 Å². The highest BCUT2D eigenvalue weighted by atomic mass is 19.4. The van der Waals surface area contributed by atoms with Crippen LogP contribution in [0.25, 0.3) is 16.8 Å². The molecule has 4 rings (SSSR count). The maximum Gasteiger partial charge on any atom is 0.416 e. The SMILES string of the molecule is CCN1CCC[C@@H](Nc2nnc(-c3ccc(C(F)(F)F)cc3OCF)c3cccn23)C1. The summed E-state index contributed by atoms with van der Waals surface area (Å²) in [5.74, 6) is 0.313. The molecule has 0 saturated carbocycles. The molecule has 2 aromatic heterocycles. The molecule has 10 heteroatoms. The first kappa shape index (κ1) is 21.4. The van der Waals surface area contributed by atoms with Gasteiger partial charge in [-0.1, -0.05) is 6.92 Å². The molecular formula is C21H23F4N5O. The molecule has 1 aliphatic heterocycles. The highest BCUT2D eigenvalue weighted by Gasteiger charge is 2.32. The van der Waals surface area contributed by atoms with Crippen molar-refractivity contribution >= 4 is 11.5 Å². The lowest BCUT2D eigenvalue weighted by atomic mass is 10.1. The number of anilines is 1. The number of aromatic nitrogens is 3.